The number of thioether (sulfide) groups is 2. The molecule has 0 fully saturated rings. The van der Waals surface area contributed by atoms with Crippen LogP contribution in [0, 0.1) is 21.3 Å². The normalized spacial score (nSPS) is 10.0. The molecule has 0 spiro atoms. The number of aromatic nitrogens is 3. The summed E-state index contributed by atoms with van der Waals surface area (Å²) >= 11 is 2.03. The quantitative estimate of drug-likeness (QED) is 0.565. The molecule has 0 atom stereocenters. The summed E-state index contributed by atoms with van der Waals surface area (Å²) in [7, 11) is 0. The standard InChI is InChI=1S/C16H9N5S2/c17-9-22-15-13(11-5-1-3-7-19-11)21-14(16(15)23-10-18)12-6-2-4-8-20-12/h1-8,21H. The molecule has 0 radical (unpaired) electrons. The first-order chi connectivity index (χ1) is 11.3. The molecule has 7 heteroatoms. The van der Waals surface area contributed by atoms with Crippen LogP contribution in [0.2, 0.25) is 0 Å². The van der Waals surface area contributed by atoms with Crippen LogP contribution in [0.4, 0.5) is 0 Å². The Balaban J connectivity index is 2.25. The summed E-state index contributed by atoms with van der Waals surface area (Å²) in [6, 6.07) is 11.1. The SMILES string of the molecule is N#CSc1c(-c2ccccn2)[nH]c(-c2ccccn2)c1SC#N. The van der Waals surface area contributed by atoms with Gasteiger partial charge in [-0.25, -0.2) is 0 Å². The van der Waals surface area contributed by atoms with E-state index in [2.05, 4.69) is 25.8 Å². The van der Waals surface area contributed by atoms with Crippen molar-refractivity contribution >= 4 is 23.5 Å². The summed E-state index contributed by atoms with van der Waals surface area (Å²) < 4.78 is 0. The van der Waals surface area contributed by atoms with Gasteiger partial charge in [-0.2, -0.15) is 10.5 Å². The van der Waals surface area contributed by atoms with Gasteiger partial charge in [0, 0.05) is 12.4 Å². The summed E-state index contributed by atoms with van der Waals surface area (Å²) in [4.78, 5) is 13.3. The van der Waals surface area contributed by atoms with Crippen LogP contribution in [0.15, 0.2) is 58.6 Å². The fourth-order valence-electron chi connectivity index (χ4n) is 2.13. The minimum absolute atomic E-state index is 0.693. The Kier molecular flexibility index (Phi) is 4.62. The molecule has 0 unspecified atom stereocenters. The van der Waals surface area contributed by atoms with Crippen LogP contribution in [0.3, 0.4) is 0 Å². The third-order valence-corrected chi connectivity index (χ3v) is 4.58. The second-order valence-electron chi connectivity index (χ2n) is 4.35. The fraction of sp³-hybridized carbons (Fsp3) is 0. The molecule has 3 aromatic rings. The molecule has 0 bridgehead atoms. The van der Waals surface area contributed by atoms with Crippen molar-refractivity contribution in [1.29, 1.82) is 10.5 Å². The lowest BCUT2D eigenvalue weighted by atomic mass is 10.2. The first-order valence-electron chi connectivity index (χ1n) is 6.55. The summed E-state index contributed by atoms with van der Waals surface area (Å²) in [5, 5.41) is 22.4. The number of rotatable bonds is 4. The van der Waals surface area contributed by atoms with Crippen LogP contribution in [-0.4, -0.2) is 15.0 Å². The van der Waals surface area contributed by atoms with E-state index in [1.807, 2.05) is 36.4 Å². The highest BCUT2D eigenvalue weighted by Crippen LogP contribution is 2.43. The zero-order chi connectivity index (χ0) is 16.1. The number of hydrogen-bond donors (Lipinski definition) is 1. The van der Waals surface area contributed by atoms with Crippen LogP contribution in [0.5, 0.6) is 0 Å². The van der Waals surface area contributed by atoms with Crippen LogP contribution in [0.25, 0.3) is 22.8 Å². The van der Waals surface area contributed by atoms with Crippen molar-refractivity contribution in [2.75, 3.05) is 0 Å². The molecule has 0 saturated heterocycles. The van der Waals surface area contributed by atoms with Gasteiger partial charge in [0.15, 0.2) is 0 Å². The van der Waals surface area contributed by atoms with Crippen molar-refractivity contribution in [2.45, 2.75) is 9.79 Å². The van der Waals surface area contributed by atoms with E-state index in [0.717, 1.165) is 34.9 Å². The summed E-state index contributed by atoms with van der Waals surface area (Å²) in [6.45, 7) is 0. The van der Waals surface area contributed by atoms with Gasteiger partial charge in [0.2, 0.25) is 0 Å². The number of nitriles is 2. The smallest absolute Gasteiger partial charge is 0.138 e. The van der Waals surface area contributed by atoms with Crippen molar-refractivity contribution in [3.63, 3.8) is 0 Å². The molecule has 0 aliphatic rings. The third-order valence-electron chi connectivity index (χ3n) is 3.05. The van der Waals surface area contributed by atoms with Gasteiger partial charge in [-0.15, -0.1) is 0 Å². The van der Waals surface area contributed by atoms with Crippen LogP contribution in [-0.2, 0) is 0 Å². The molecule has 1 N–H and O–H groups in total. The summed E-state index contributed by atoms with van der Waals surface area (Å²) in [5.74, 6) is 0. The Hall–Kier alpha value is -2.74. The predicted molar refractivity (Wildman–Crippen MR) is 90.2 cm³/mol. The summed E-state index contributed by atoms with van der Waals surface area (Å²) in [6.07, 6.45) is 3.38. The number of nitrogens with one attached hydrogen (secondary N) is 1. The molecule has 3 rings (SSSR count). The number of H-pyrrole nitrogens is 1. The molecule has 110 valence electrons. The topological polar surface area (TPSA) is 89.2 Å². The molecular formula is C16H9N5S2. The molecule has 3 heterocycles. The number of nitrogens with zero attached hydrogens (tertiary/aromatic N) is 4. The second kappa shape index (κ2) is 7.01. The Morgan fingerprint density at radius 2 is 1.26 bits per heavy atom. The largest absolute Gasteiger partial charge is 0.350 e. The lowest BCUT2D eigenvalue weighted by Crippen LogP contribution is -1.85. The Bertz CT molecular complexity index is 818. The van der Waals surface area contributed by atoms with Crippen molar-refractivity contribution in [1.82, 2.24) is 15.0 Å². The van der Waals surface area contributed by atoms with Gasteiger partial charge >= 0.3 is 0 Å². The molecule has 3 aromatic heterocycles. The lowest BCUT2D eigenvalue weighted by Gasteiger charge is -2.00. The Labute approximate surface area is 141 Å². The van der Waals surface area contributed by atoms with Gasteiger partial charge in [-0.3, -0.25) is 9.97 Å². The summed E-state index contributed by atoms with van der Waals surface area (Å²) in [5.41, 5.74) is 2.87. The van der Waals surface area contributed by atoms with E-state index in [9.17, 15) is 0 Å². The first kappa shape index (κ1) is 15.2. The van der Waals surface area contributed by atoms with E-state index in [4.69, 9.17) is 10.5 Å². The van der Waals surface area contributed by atoms with Gasteiger partial charge in [0.1, 0.15) is 10.8 Å². The first-order valence-corrected chi connectivity index (χ1v) is 8.19. The van der Waals surface area contributed by atoms with Gasteiger partial charge in [-0.1, -0.05) is 12.1 Å². The van der Waals surface area contributed by atoms with Crippen LogP contribution >= 0.6 is 23.5 Å². The number of thiocyanates is 2. The number of pyridine rings is 2. The second-order valence-corrected chi connectivity index (χ2v) is 5.94. The minimum Gasteiger partial charge on any atom is -0.350 e. The Morgan fingerprint density at radius 3 is 1.61 bits per heavy atom. The highest BCUT2D eigenvalue weighted by atomic mass is 32.2. The van der Waals surface area contributed by atoms with Crippen LogP contribution < -0.4 is 0 Å². The van der Waals surface area contributed by atoms with Crippen LogP contribution in [0.1, 0.15) is 0 Å². The van der Waals surface area contributed by atoms with Crippen molar-refractivity contribution in [3.8, 4) is 33.6 Å². The van der Waals surface area contributed by atoms with Gasteiger partial charge < -0.3 is 4.98 Å². The van der Waals surface area contributed by atoms with E-state index in [0.29, 0.717) is 21.2 Å². The van der Waals surface area contributed by atoms with Crippen molar-refractivity contribution in [2.24, 2.45) is 0 Å². The van der Waals surface area contributed by atoms with Gasteiger partial charge in [0.05, 0.1) is 32.6 Å². The maximum atomic E-state index is 9.13. The van der Waals surface area contributed by atoms with E-state index in [1.54, 1.807) is 12.4 Å². The predicted octanol–water partition coefficient (Wildman–Crippen LogP) is 4.29. The third kappa shape index (κ3) is 3.07. The number of aromatic amines is 1. The van der Waals surface area contributed by atoms with E-state index < -0.39 is 0 Å². The minimum atomic E-state index is 0.693. The van der Waals surface area contributed by atoms with Gasteiger partial charge in [-0.05, 0) is 47.8 Å². The average Bonchev–Trinajstić information content (AvgIpc) is 2.96. The number of hydrogen-bond acceptors (Lipinski definition) is 6. The van der Waals surface area contributed by atoms with E-state index >= 15 is 0 Å². The maximum Gasteiger partial charge on any atom is 0.138 e. The molecule has 5 nitrogen and oxygen atoms in total. The van der Waals surface area contributed by atoms with Crippen molar-refractivity contribution in [3.05, 3.63) is 48.8 Å². The molecule has 0 aliphatic heterocycles. The van der Waals surface area contributed by atoms with E-state index in [-0.39, 0.29) is 0 Å². The fourth-order valence-corrected chi connectivity index (χ4v) is 3.47. The average molecular weight is 335 g/mol. The monoisotopic (exact) mass is 335 g/mol. The van der Waals surface area contributed by atoms with E-state index in [1.165, 1.54) is 0 Å². The Morgan fingerprint density at radius 1 is 0.783 bits per heavy atom. The molecule has 0 amide bonds. The zero-order valence-corrected chi connectivity index (χ0v) is 13.4. The lowest BCUT2D eigenvalue weighted by molar-refractivity contribution is 1.24. The zero-order valence-electron chi connectivity index (χ0n) is 11.7. The van der Waals surface area contributed by atoms with Crippen molar-refractivity contribution < 1.29 is 0 Å². The molecule has 0 aliphatic carbocycles. The molecule has 0 saturated carbocycles. The van der Waals surface area contributed by atoms with Gasteiger partial charge in [0.25, 0.3) is 0 Å². The highest BCUT2D eigenvalue weighted by molar-refractivity contribution is 8.06. The maximum absolute atomic E-state index is 9.13. The highest BCUT2D eigenvalue weighted by Gasteiger charge is 2.22. The molecule has 23 heavy (non-hydrogen) atoms. The molecular weight excluding hydrogens is 326 g/mol. The molecule has 0 aromatic carbocycles.